The van der Waals surface area contributed by atoms with Crippen molar-refractivity contribution in [2.75, 3.05) is 5.75 Å². The minimum atomic E-state index is -4.51. The third-order valence-corrected chi connectivity index (χ3v) is 9.88. The van der Waals surface area contributed by atoms with E-state index in [0.717, 1.165) is 18.2 Å². The van der Waals surface area contributed by atoms with Gasteiger partial charge in [0.25, 0.3) is 0 Å². The summed E-state index contributed by atoms with van der Waals surface area (Å²) >= 11 is 0. The van der Waals surface area contributed by atoms with Crippen LogP contribution >= 0.6 is 0 Å². The maximum Gasteiger partial charge on any atom is 0.417 e. The number of fused-ring (bicyclic) bond motifs is 3. The molecular formula is C25H25F4N3O2S. The highest BCUT2D eigenvalue weighted by Crippen LogP contribution is 2.58. The van der Waals surface area contributed by atoms with Crippen LogP contribution in [0.3, 0.4) is 0 Å². The van der Waals surface area contributed by atoms with Crippen LogP contribution in [0.1, 0.15) is 49.9 Å². The summed E-state index contributed by atoms with van der Waals surface area (Å²) in [6.07, 6.45) is -0.402. The number of sulfone groups is 1. The average Bonchev–Trinajstić information content (AvgIpc) is 3.21. The zero-order chi connectivity index (χ0) is 25.1. The predicted molar refractivity (Wildman–Crippen MR) is 122 cm³/mol. The van der Waals surface area contributed by atoms with E-state index in [-0.39, 0.29) is 32.9 Å². The summed E-state index contributed by atoms with van der Waals surface area (Å²) in [7, 11) is -1.88. The van der Waals surface area contributed by atoms with Crippen LogP contribution in [0.2, 0.25) is 0 Å². The molecule has 1 aromatic heterocycles. The van der Waals surface area contributed by atoms with Gasteiger partial charge in [-0.1, -0.05) is 18.2 Å². The lowest BCUT2D eigenvalue weighted by molar-refractivity contribution is -0.137. The van der Waals surface area contributed by atoms with Gasteiger partial charge >= 0.3 is 6.18 Å². The highest BCUT2D eigenvalue weighted by molar-refractivity contribution is 7.91. The fraction of sp³-hybridized carbons (Fsp3) is 0.440. The molecule has 2 bridgehead atoms. The number of hydrogen-bond acceptors (Lipinski definition) is 4. The second kappa shape index (κ2) is 8.15. The number of alkyl halides is 3. The molecule has 0 radical (unpaired) electrons. The molecule has 0 saturated heterocycles. The zero-order valence-corrected chi connectivity index (χ0v) is 20.0. The predicted octanol–water partition coefficient (Wildman–Crippen LogP) is 5.71. The Labute approximate surface area is 201 Å². The minimum absolute atomic E-state index is 0.00470. The van der Waals surface area contributed by atoms with Crippen molar-refractivity contribution >= 4 is 9.84 Å². The van der Waals surface area contributed by atoms with Crippen LogP contribution in [0.5, 0.6) is 0 Å². The molecular weight excluding hydrogens is 482 g/mol. The van der Waals surface area contributed by atoms with Crippen molar-refractivity contribution in [3.05, 3.63) is 65.7 Å². The summed E-state index contributed by atoms with van der Waals surface area (Å²) in [6, 6.07) is 10.3. The first-order chi connectivity index (χ1) is 16.4. The summed E-state index contributed by atoms with van der Waals surface area (Å²) < 4.78 is 81.7. The zero-order valence-electron chi connectivity index (χ0n) is 19.1. The van der Waals surface area contributed by atoms with Crippen LogP contribution in [0.4, 0.5) is 17.6 Å². The molecule has 0 amide bonds. The topological polar surface area (TPSA) is 64.8 Å². The third kappa shape index (κ3) is 4.15. The molecule has 1 heterocycles. The quantitative estimate of drug-likeness (QED) is 0.328. The highest BCUT2D eigenvalue weighted by Gasteiger charge is 2.53. The summed E-state index contributed by atoms with van der Waals surface area (Å²) in [4.78, 5) is 0.122. The van der Waals surface area contributed by atoms with E-state index in [2.05, 4.69) is 10.2 Å². The Hall–Kier alpha value is -2.75. The third-order valence-electron chi connectivity index (χ3n) is 7.89. The molecule has 6 rings (SSSR count). The van der Waals surface area contributed by atoms with Gasteiger partial charge < -0.3 is 4.57 Å². The number of rotatable bonds is 5. The van der Waals surface area contributed by atoms with Crippen LogP contribution in [0.15, 0.2) is 53.4 Å². The molecule has 3 aromatic rings. The van der Waals surface area contributed by atoms with Crippen molar-refractivity contribution in [2.45, 2.75) is 55.0 Å². The van der Waals surface area contributed by atoms with Crippen LogP contribution in [0.25, 0.3) is 11.4 Å². The number of aromatic nitrogens is 3. The molecule has 0 atom stereocenters. The van der Waals surface area contributed by atoms with Gasteiger partial charge in [0.1, 0.15) is 11.6 Å². The van der Waals surface area contributed by atoms with E-state index >= 15 is 0 Å². The van der Waals surface area contributed by atoms with Crippen LogP contribution < -0.4 is 0 Å². The van der Waals surface area contributed by atoms with Gasteiger partial charge in [-0.15, -0.1) is 10.2 Å². The van der Waals surface area contributed by atoms with E-state index in [1.807, 2.05) is 0 Å². The smallest absolute Gasteiger partial charge is 0.314 e. The second-order valence-corrected chi connectivity index (χ2v) is 11.9. The van der Waals surface area contributed by atoms with Crippen LogP contribution in [-0.4, -0.2) is 28.9 Å². The summed E-state index contributed by atoms with van der Waals surface area (Å²) in [5, 5.41) is 8.51. The molecule has 3 saturated carbocycles. The number of benzene rings is 2. The maximum absolute atomic E-state index is 13.6. The Balaban J connectivity index is 1.39. The van der Waals surface area contributed by atoms with E-state index in [1.165, 1.54) is 24.3 Å². The first kappa shape index (κ1) is 24.0. The molecule has 0 unspecified atom stereocenters. The fourth-order valence-corrected chi connectivity index (χ4v) is 7.85. The van der Waals surface area contributed by atoms with Gasteiger partial charge in [0.05, 0.1) is 16.2 Å². The maximum atomic E-state index is 13.6. The van der Waals surface area contributed by atoms with E-state index in [0.29, 0.717) is 44.3 Å². The monoisotopic (exact) mass is 507 g/mol. The molecule has 0 spiro atoms. The molecule has 3 aliphatic rings. The minimum Gasteiger partial charge on any atom is -0.314 e. The van der Waals surface area contributed by atoms with Crippen LogP contribution in [-0.2, 0) is 28.5 Å². The Morgan fingerprint density at radius 1 is 0.914 bits per heavy atom. The van der Waals surface area contributed by atoms with Crippen molar-refractivity contribution < 1.29 is 26.0 Å². The lowest BCUT2D eigenvalue weighted by atomic mass is 9.54. The molecule has 10 heteroatoms. The molecule has 0 aliphatic heterocycles. The van der Waals surface area contributed by atoms with Crippen molar-refractivity contribution in [3.63, 3.8) is 0 Å². The van der Waals surface area contributed by atoms with Gasteiger partial charge in [-0.05, 0) is 74.3 Å². The lowest BCUT2D eigenvalue weighted by Crippen LogP contribution is -2.48. The molecule has 3 aliphatic carbocycles. The molecule has 0 N–H and O–H groups in total. The highest BCUT2D eigenvalue weighted by atomic mass is 32.2. The second-order valence-electron chi connectivity index (χ2n) is 9.94. The Morgan fingerprint density at radius 3 is 2.11 bits per heavy atom. The standard InChI is InChI=1S/C25H25F4N3O2S/c1-32-21(19-4-2-3-5-20(19)25(27,28)29)30-31-22(32)24-13-10-23(11-14-24,12-15-24)16-35(33,34)18-8-6-17(26)7-9-18/h2-9H,10-16H2,1H3. The Bertz CT molecular complexity index is 1340. The van der Waals surface area contributed by atoms with Gasteiger partial charge in [-0.25, -0.2) is 12.8 Å². The van der Waals surface area contributed by atoms with E-state index < -0.39 is 27.4 Å². The van der Waals surface area contributed by atoms with Gasteiger partial charge in [0.2, 0.25) is 0 Å². The SMILES string of the molecule is Cn1c(-c2ccccc2C(F)(F)F)nnc1C12CCC(CS(=O)(=O)c3ccc(F)cc3)(CC1)CC2. The summed E-state index contributed by atoms with van der Waals surface area (Å²) in [5.41, 5.74) is -1.46. The fourth-order valence-electron chi connectivity index (χ4n) is 5.89. The van der Waals surface area contributed by atoms with E-state index in [9.17, 15) is 26.0 Å². The first-order valence-electron chi connectivity index (χ1n) is 11.5. The van der Waals surface area contributed by atoms with Gasteiger partial charge in [-0.3, -0.25) is 0 Å². The van der Waals surface area contributed by atoms with Crippen molar-refractivity contribution in [1.82, 2.24) is 14.8 Å². The van der Waals surface area contributed by atoms with Gasteiger partial charge in [-0.2, -0.15) is 13.2 Å². The first-order valence-corrected chi connectivity index (χ1v) is 13.1. The molecule has 2 aromatic carbocycles. The van der Waals surface area contributed by atoms with E-state index in [1.54, 1.807) is 17.7 Å². The van der Waals surface area contributed by atoms with Crippen molar-refractivity contribution in [2.24, 2.45) is 12.5 Å². The average molecular weight is 508 g/mol. The number of hydrogen-bond donors (Lipinski definition) is 0. The molecule has 5 nitrogen and oxygen atoms in total. The molecule has 35 heavy (non-hydrogen) atoms. The van der Waals surface area contributed by atoms with Crippen LogP contribution in [0, 0.1) is 11.2 Å². The number of nitrogens with zero attached hydrogens (tertiary/aromatic N) is 3. The number of halogens is 4. The Morgan fingerprint density at radius 2 is 1.51 bits per heavy atom. The summed E-state index contributed by atoms with van der Waals surface area (Å²) in [6.45, 7) is 0. The lowest BCUT2D eigenvalue weighted by Gasteiger charge is -2.52. The normalized spacial score (nSPS) is 24.6. The molecule has 3 fully saturated rings. The Kier molecular flexibility index (Phi) is 5.58. The van der Waals surface area contributed by atoms with Crippen molar-refractivity contribution in [1.29, 1.82) is 0 Å². The van der Waals surface area contributed by atoms with E-state index in [4.69, 9.17) is 0 Å². The van der Waals surface area contributed by atoms with Gasteiger partial charge in [0.15, 0.2) is 15.7 Å². The summed E-state index contributed by atoms with van der Waals surface area (Å²) in [5.74, 6) is 0.343. The molecule has 186 valence electrons. The largest absolute Gasteiger partial charge is 0.417 e. The van der Waals surface area contributed by atoms with Crippen molar-refractivity contribution in [3.8, 4) is 11.4 Å². The van der Waals surface area contributed by atoms with Gasteiger partial charge in [0, 0.05) is 18.0 Å².